The van der Waals surface area contributed by atoms with Gasteiger partial charge in [-0.2, -0.15) is 0 Å². The van der Waals surface area contributed by atoms with Crippen LogP contribution in [-0.4, -0.2) is 74.8 Å². The molecule has 1 fully saturated rings. The third-order valence-corrected chi connectivity index (χ3v) is 8.78. The molecule has 5 rings (SSSR count). The van der Waals surface area contributed by atoms with Gasteiger partial charge in [0.05, 0.1) is 11.0 Å². The van der Waals surface area contributed by atoms with E-state index >= 15 is 0 Å². The van der Waals surface area contributed by atoms with Crippen LogP contribution in [0.25, 0.3) is 21.8 Å². The number of carboxylic acid groups (broad SMARTS) is 1. The number of carbonyl (C=O) groups excluding carboxylic acids is 1. The van der Waals surface area contributed by atoms with Crippen molar-refractivity contribution in [3.05, 3.63) is 78.1 Å². The highest BCUT2D eigenvalue weighted by Gasteiger charge is 2.37. The van der Waals surface area contributed by atoms with Crippen molar-refractivity contribution in [1.82, 2.24) is 19.4 Å². The molecule has 1 N–H and O–H groups in total. The molecule has 1 aliphatic rings. The maximum atomic E-state index is 14.1. The van der Waals surface area contributed by atoms with Crippen molar-refractivity contribution in [1.29, 1.82) is 0 Å². The van der Waals surface area contributed by atoms with Crippen molar-refractivity contribution >= 4 is 33.8 Å². The molecular formula is C36H46N4O4. The highest BCUT2D eigenvalue weighted by molar-refractivity contribution is 5.83. The van der Waals surface area contributed by atoms with Gasteiger partial charge in [0.15, 0.2) is 0 Å². The number of likely N-dealkylation sites (tertiary alicyclic amines) is 1. The molecule has 0 spiro atoms. The van der Waals surface area contributed by atoms with Crippen LogP contribution in [0.3, 0.4) is 0 Å². The van der Waals surface area contributed by atoms with Crippen LogP contribution >= 0.6 is 0 Å². The van der Waals surface area contributed by atoms with E-state index in [1.54, 1.807) is 7.11 Å². The normalized spacial score (nSPS) is 18.1. The minimum absolute atomic E-state index is 0.00937. The Morgan fingerprint density at radius 1 is 1.05 bits per heavy atom. The van der Waals surface area contributed by atoms with Gasteiger partial charge in [-0.3, -0.25) is 9.69 Å². The smallest absolute Gasteiger partial charge is 0.408 e. The summed E-state index contributed by atoms with van der Waals surface area (Å²) in [5, 5.41) is 12.6. The van der Waals surface area contributed by atoms with Crippen LogP contribution in [0.15, 0.2) is 66.7 Å². The molecule has 2 amide bonds. The number of benzene rings is 3. The number of fused-ring (bicyclic) bond motifs is 2. The lowest BCUT2D eigenvalue weighted by molar-refractivity contribution is -0.134. The zero-order valence-electron chi connectivity index (χ0n) is 26.7. The number of para-hydroxylation sites is 2. The number of aromatic nitrogens is 2. The van der Waals surface area contributed by atoms with Crippen molar-refractivity contribution in [3.8, 4) is 0 Å². The van der Waals surface area contributed by atoms with Gasteiger partial charge in [0, 0.05) is 57.3 Å². The summed E-state index contributed by atoms with van der Waals surface area (Å²) in [4.78, 5) is 35.3. The van der Waals surface area contributed by atoms with E-state index in [4.69, 9.17) is 9.72 Å². The monoisotopic (exact) mass is 598 g/mol. The van der Waals surface area contributed by atoms with Crippen LogP contribution in [-0.2, 0) is 22.5 Å². The Bertz CT molecular complexity index is 1610. The summed E-state index contributed by atoms with van der Waals surface area (Å²) < 4.78 is 7.63. The average molecular weight is 599 g/mol. The maximum Gasteiger partial charge on any atom is 0.408 e. The van der Waals surface area contributed by atoms with Gasteiger partial charge >= 0.3 is 6.09 Å². The molecule has 4 aromatic rings. The number of piperidine rings is 1. The summed E-state index contributed by atoms with van der Waals surface area (Å²) in [6.45, 7) is 10.6. The number of carbonyl (C=O) groups is 2. The Hall–Kier alpha value is -3.91. The lowest BCUT2D eigenvalue weighted by Crippen LogP contribution is -2.54. The van der Waals surface area contributed by atoms with Gasteiger partial charge in [0.2, 0.25) is 5.91 Å². The lowest BCUT2D eigenvalue weighted by atomic mass is 9.88. The van der Waals surface area contributed by atoms with E-state index in [1.165, 1.54) is 4.90 Å². The fraction of sp³-hybridized carbons (Fsp3) is 0.472. The number of methoxy groups -OCH3 is 1. The molecule has 0 bridgehead atoms. The summed E-state index contributed by atoms with van der Waals surface area (Å²) in [6, 6.07) is 22.1. The van der Waals surface area contributed by atoms with Crippen molar-refractivity contribution in [2.24, 2.45) is 5.92 Å². The van der Waals surface area contributed by atoms with Crippen LogP contribution in [0, 0.1) is 5.92 Å². The largest absolute Gasteiger partial charge is 0.465 e. The molecule has 1 aliphatic heterocycles. The molecule has 3 atom stereocenters. The molecule has 2 unspecified atom stereocenters. The number of amides is 2. The Morgan fingerprint density at radius 3 is 2.50 bits per heavy atom. The van der Waals surface area contributed by atoms with Gasteiger partial charge in [0.1, 0.15) is 5.82 Å². The number of hydrogen-bond donors (Lipinski definition) is 1. The topological polar surface area (TPSA) is 87.9 Å². The molecule has 3 aromatic carbocycles. The summed E-state index contributed by atoms with van der Waals surface area (Å²) in [5.41, 5.74) is 2.42. The number of aryl methyl sites for hydroxylation is 1. The Morgan fingerprint density at radius 2 is 1.77 bits per heavy atom. The molecule has 234 valence electrons. The quantitative estimate of drug-likeness (QED) is 0.200. The Kier molecular flexibility index (Phi) is 9.59. The average Bonchev–Trinajstić information content (AvgIpc) is 3.34. The van der Waals surface area contributed by atoms with E-state index in [2.05, 4.69) is 47.9 Å². The van der Waals surface area contributed by atoms with Gasteiger partial charge in [0.25, 0.3) is 0 Å². The molecular weight excluding hydrogens is 552 g/mol. The van der Waals surface area contributed by atoms with Crippen molar-refractivity contribution in [2.75, 3.05) is 26.8 Å². The molecule has 8 nitrogen and oxygen atoms in total. The molecule has 44 heavy (non-hydrogen) atoms. The first-order chi connectivity index (χ1) is 21.0. The molecule has 1 saturated heterocycles. The van der Waals surface area contributed by atoms with Gasteiger partial charge in [-0.1, -0.05) is 61.5 Å². The first-order valence-electron chi connectivity index (χ1n) is 15.8. The first-order valence-corrected chi connectivity index (χ1v) is 15.8. The molecule has 2 heterocycles. The summed E-state index contributed by atoms with van der Waals surface area (Å²) in [6.07, 6.45) is 1.40. The van der Waals surface area contributed by atoms with E-state index < -0.39 is 17.7 Å². The minimum Gasteiger partial charge on any atom is -0.465 e. The highest BCUT2D eigenvalue weighted by atomic mass is 16.5. The predicted molar refractivity (Wildman–Crippen MR) is 175 cm³/mol. The van der Waals surface area contributed by atoms with E-state index in [-0.39, 0.29) is 18.2 Å². The maximum absolute atomic E-state index is 14.1. The van der Waals surface area contributed by atoms with Gasteiger partial charge < -0.3 is 19.3 Å². The van der Waals surface area contributed by atoms with Crippen LogP contribution in [0.5, 0.6) is 0 Å². The standard InChI is InChI=1S/C36H46N4O4/c1-25-19-29(34-37-31-13-8-9-14-32(31)39(34)17-10-18-44-5)24-38(23-25)33(41)22-30(40(35(42)43)36(2,3)4)21-26-15-16-27-11-6-7-12-28(27)20-26/h6-9,11-16,20,25,29-30H,10,17-19,21-24H2,1-5H3,(H,42,43)/t25?,29?,30-/m1/s1. The zero-order chi connectivity index (χ0) is 31.4. The van der Waals surface area contributed by atoms with Gasteiger partial charge in [-0.05, 0) is 74.4 Å². The summed E-state index contributed by atoms with van der Waals surface area (Å²) in [7, 11) is 1.72. The van der Waals surface area contributed by atoms with E-state index in [9.17, 15) is 14.7 Å². The zero-order valence-corrected chi connectivity index (χ0v) is 26.7. The molecule has 0 saturated carbocycles. The third-order valence-electron chi connectivity index (χ3n) is 8.78. The first kappa shape index (κ1) is 31.5. The van der Waals surface area contributed by atoms with Crippen molar-refractivity contribution in [3.63, 3.8) is 0 Å². The Labute approximate surface area is 260 Å². The molecule has 8 heteroatoms. The Balaban J connectivity index is 1.41. The van der Waals surface area contributed by atoms with E-state index in [0.29, 0.717) is 32.0 Å². The van der Waals surface area contributed by atoms with Gasteiger partial charge in [-0.15, -0.1) is 0 Å². The molecule has 1 aromatic heterocycles. The number of rotatable bonds is 10. The van der Waals surface area contributed by atoms with Crippen LogP contribution in [0.4, 0.5) is 4.79 Å². The summed E-state index contributed by atoms with van der Waals surface area (Å²) >= 11 is 0. The number of imidazole rings is 1. The van der Waals surface area contributed by atoms with Gasteiger partial charge in [-0.25, -0.2) is 9.78 Å². The van der Waals surface area contributed by atoms with Crippen LogP contribution < -0.4 is 0 Å². The molecule has 0 aliphatic carbocycles. The van der Waals surface area contributed by atoms with Crippen LogP contribution in [0.2, 0.25) is 0 Å². The molecule has 0 radical (unpaired) electrons. The second-order valence-corrected chi connectivity index (χ2v) is 13.4. The van der Waals surface area contributed by atoms with Crippen molar-refractivity contribution < 1.29 is 19.4 Å². The van der Waals surface area contributed by atoms with Crippen molar-refractivity contribution in [2.45, 2.75) is 77.4 Å². The second kappa shape index (κ2) is 13.4. The van der Waals surface area contributed by atoms with E-state index in [0.717, 1.165) is 52.6 Å². The third kappa shape index (κ3) is 7.07. The summed E-state index contributed by atoms with van der Waals surface area (Å²) in [5.74, 6) is 1.39. The highest BCUT2D eigenvalue weighted by Crippen LogP contribution is 2.33. The number of hydrogen-bond acceptors (Lipinski definition) is 4. The SMILES string of the molecule is COCCCn1c(C2CC(C)CN(C(=O)C[C@@H](Cc3ccc4ccccc4c3)N(C(=O)O)C(C)(C)C)C2)nc2ccccc21. The van der Waals surface area contributed by atoms with Crippen LogP contribution in [0.1, 0.15) is 64.3 Å². The number of nitrogens with zero attached hydrogens (tertiary/aromatic N) is 4. The fourth-order valence-electron chi connectivity index (χ4n) is 6.96. The fourth-order valence-corrected chi connectivity index (χ4v) is 6.96. The lowest BCUT2D eigenvalue weighted by Gasteiger charge is -2.41. The predicted octanol–water partition coefficient (Wildman–Crippen LogP) is 6.96. The minimum atomic E-state index is -1.01. The second-order valence-electron chi connectivity index (χ2n) is 13.4. The number of ether oxygens (including phenoxy) is 1. The van der Waals surface area contributed by atoms with E-state index in [1.807, 2.05) is 56.0 Å².